The highest BCUT2D eigenvalue weighted by Gasteiger charge is 2.09. The number of rotatable bonds is 3. The monoisotopic (exact) mass is 331 g/mol. The molecule has 2 aromatic heterocycles. The minimum atomic E-state index is -0.147. The topological polar surface area (TPSA) is 70.9 Å². The first kappa shape index (κ1) is 15.2. The molecule has 2 N–H and O–H groups in total. The molecule has 4 rings (SSSR count). The van der Waals surface area contributed by atoms with Crippen molar-refractivity contribution in [3.8, 4) is 16.9 Å². The van der Waals surface area contributed by atoms with Crippen LogP contribution in [0.3, 0.4) is 0 Å². The van der Waals surface area contributed by atoms with Gasteiger partial charge in [-0.25, -0.2) is 4.98 Å². The van der Waals surface area contributed by atoms with Crippen LogP contribution in [0.4, 0.5) is 0 Å². The molecule has 4 aromatic rings. The van der Waals surface area contributed by atoms with Gasteiger partial charge in [0, 0.05) is 23.1 Å². The highest BCUT2D eigenvalue weighted by Crippen LogP contribution is 2.29. The molecule has 0 saturated heterocycles. The number of nitrogens with one attached hydrogen (secondary N) is 1. The number of aromatic nitrogens is 3. The molecule has 0 unspecified atom stereocenters. The summed E-state index contributed by atoms with van der Waals surface area (Å²) < 4.78 is 1.97. The summed E-state index contributed by atoms with van der Waals surface area (Å²) in [6, 6.07) is 14.7. The number of nitrogens with zero attached hydrogens (tertiary/aromatic N) is 2. The second-order valence-corrected chi connectivity index (χ2v) is 6.10. The first-order valence-corrected chi connectivity index (χ1v) is 8.03. The molecule has 0 aliphatic rings. The standard InChI is InChI=1S/C20H17N3O2/c1-13-10-21-12-23(13)11-15-6-8-18(20(25)22-15)17-4-2-3-14-5-7-16(24)9-19(14)17/h2-10,12,24H,11H2,1H3,(H,22,25). The number of fused-ring (bicyclic) bond motifs is 1. The zero-order chi connectivity index (χ0) is 17.4. The van der Waals surface area contributed by atoms with E-state index >= 15 is 0 Å². The van der Waals surface area contributed by atoms with E-state index in [-0.39, 0.29) is 11.3 Å². The molecule has 0 aliphatic heterocycles. The number of phenols is 1. The molecule has 5 nitrogen and oxygen atoms in total. The molecule has 25 heavy (non-hydrogen) atoms. The van der Waals surface area contributed by atoms with Crippen LogP contribution in [0.5, 0.6) is 5.75 Å². The van der Waals surface area contributed by atoms with Crippen molar-refractivity contribution in [2.45, 2.75) is 13.5 Å². The first-order valence-electron chi connectivity index (χ1n) is 8.03. The van der Waals surface area contributed by atoms with Gasteiger partial charge in [0.15, 0.2) is 0 Å². The number of aromatic amines is 1. The molecule has 5 heteroatoms. The lowest BCUT2D eigenvalue weighted by atomic mass is 9.99. The molecule has 124 valence electrons. The van der Waals surface area contributed by atoms with Gasteiger partial charge in [-0.1, -0.05) is 24.3 Å². The fourth-order valence-corrected chi connectivity index (χ4v) is 3.05. The number of benzene rings is 2. The Kier molecular flexibility index (Phi) is 3.61. The predicted molar refractivity (Wildman–Crippen MR) is 97.7 cm³/mol. The summed E-state index contributed by atoms with van der Waals surface area (Å²) in [5.74, 6) is 0.184. The maximum Gasteiger partial charge on any atom is 0.256 e. The Morgan fingerprint density at radius 2 is 2.00 bits per heavy atom. The summed E-state index contributed by atoms with van der Waals surface area (Å²) in [4.78, 5) is 19.7. The van der Waals surface area contributed by atoms with Crippen LogP contribution in [-0.4, -0.2) is 19.6 Å². The molecule has 0 amide bonds. The van der Waals surface area contributed by atoms with Crippen molar-refractivity contribution in [2.75, 3.05) is 0 Å². The van der Waals surface area contributed by atoms with Gasteiger partial charge in [-0.2, -0.15) is 0 Å². The van der Waals surface area contributed by atoms with Gasteiger partial charge >= 0.3 is 0 Å². The molecule has 2 aromatic carbocycles. The normalized spacial score (nSPS) is 11.1. The largest absolute Gasteiger partial charge is 0.508 e. The number of aromatic hydroxyl groups is 1. The minimum absolute atomic E-state index is 0.147. The molecule has 2 heterocycles. The lowest BCUT2D eigenvalue weighted by Gasteiger charge is -2.09. The Morgan fingerprint density at radius 1 is 1.12 bits per heavy atom. The highest BCUT2D eigenvalue weighted by atomic mass is 16.3. The van der Waals surface area contributed by atoms with Gasteiger partial charge < -0.3 is 14.7 Å². The molecule has 0 atom stereocenters. The van der Waals surface area contributed by atoms with Crippen LogP contribution in [0.15, 0.2) is 65.8 Å². The van der Waals surface area contributed by atoms with Crippen LogP contribution in [0, 0.1) is 6.92 Å². The molecule has 0 aliphatic carbocycles. The number of hydrogen-bond donors (Lipinski definition) is 2. The summed E-state index contributed by atoms with van der Waals surface area (Å²) in [7, 11) is 0. The second-order valence-electron chi connectivity index (χ2n) is 6.10. The van der Waals surface area contributed by atoms with E-state index in [1.807, 2.05) is 47.9 Å². The molecular formula is C20H17N3O2. The number of phenolic OH excluding ortho intramolecular Hbond substituents is 1. The van der Waals surface area contributed by atoms with Crippen LogP contribution >= 0.6 is 0 Å². The fourth-order valence-electron chi connectivity index (χ4n) is 3.05. The average molecular weight is 331 g/mol. The Bertz CT molecular complexity index is 1130. The maximum absolute atomic E-state index is 12.6. The summed E-state index contributed by atoms with van der Waals surface area (Å²) in [6.07, 6.45) is 3.53. The first-order chi connectivity index (χ1) is 12.1. The van der Waals surface area contributed by atoms with Gasteiger partial charge in [0.25, 0.3) is 5.56 Å². The van der Waals surface area contributed by atoms with E-state index in [0.29, 0.717) is 12.1 Å². The number of hydrogen-bond acceptors (Lipinski definition) is 3. The van der Waals surface area contributed by atoms with E-state index in [2.05, 4.69) is 9.97 Å². The number of pyridine rings is 1. The Labute approximate surface area is 144 Å². The molecule has 0 saturated carbocycles. The van der Waals surface area contributed by atoms with Crippen LogP contribution in [-0.2, 0) is 6.54 Å². The van der Waals surface area contributed by atoms with Crippen molar-refractivity contribution in [3.63, 3.8) is 0 Å². The molecular weight excluding hydrogens is 314 g/mol. The average Bonchev–Trinajstić information content (AvgIpc) is 3.00. The summed E-state index contributed by atoms with van der Waals surface area (Å²) in [6.45, 7) is 2.54. The van der Waals surface area contributed by atoms with E-state index in [4.69, 9.17) is 0 Å². The van der Waals surface area contributed by atoms with Crippen molar-refractivity contribution in [1.82, 2.24) is 14.5 Å². The van der Waals surface area contributed by atoms with Gasteiger partial charge in [0.1, 0.15) is 5.75 Å². The van der Waals surface area contributed by atoms with Gasteiger partial charge in [-0.3, -0.25) is 4.79 Å². The van der Waals surface area contributed by atoms with Crippen LogP contribution in [0.1, 0.15) is 11.4 Å². The minimum Gasteiger partial charge on any atom is -0.508 e. The zero-order valence-corrected chi connectivity index (χ0v) is 13.7. The maximum atomic E-state index is 12.6. The van der Waals surface area contributed by atoms with E-state index in [9.17, 15) is 9.90 Å². The summed E-state index contributed by atoms with van der Waals surface area (Å²) >= 11 is 0. The van der Waals surface area contributed by atoms with Crippen molar-refractivity contribution in [2.24, 2.45) is 0 Å². The van der Waals surface area contributed by atoms with Gasteiger partial charge in [0.2, 0.25) is 0 Å². The van der Waals surface area contributed by atoms with E-state index in [1.165, 1.54) is 0 Å². The quantitative estimate of drug-likeness (QED) is 0.604. The van der Waals surface area contributed by atoms with Crippen molar-refractivity contribution < 1.29 is 5.11 Å². The van der Waals surface area contributed by atoms with E-state index in [0.717, 1.165) is 27.7 Å². The smallest absolute Gasteiger partial charge is 0.256 e. The summed E-state index contributed by atoms with van der Waals surface area (Å²) in [5, 5.41) is 11.6. The lowest BCUT2D eigenvalue weighted by Crippen LogP contribution is -2.13. The highest BCUT2D eigenvalue weighted by molar-refractivity contribution is 5.97. The third-order valence-electron chi connectivity index (χ3n) is 4.39. The molecule has 0 spiro atoms. The van der Waals surface area contributed by atoms with Gasteiger partial charge in [-0.05, 0) is 47.5 Å². The third kappa shape index (κ3) is 2.80. The molecule has 0 fully saturated rings. The summed E-state index contributed by atoms with van der Waals surface area (Å²) in [5.41, 5.74) is 3.10. The zero-order valence-electron chi connectivity index (χ0n) is 13.7. The number of H-pyrrole nitrogens is 1. The third-order valence-corrected chi connectivity index (χ3v) is 4.39. The molecule has 0 bridgehead atoms. The van der Waals surface area contributed by atoms with Gasteiger partial charge in [-0.15, -0.1) is 0 Å². The second kappa shape index (κ2) is 5.94. The fraction of sp³-hybridized carbons (Fsp3) is 0.100. The lowest BCUT2D eigenvalue weighted by molar-refractivity contribution is 0.476. The molecule has 0 radical (unpaired) electrons. The van der Waals surface area contributed by atoms with Gasteiger partial charge in [0.05, 0.1) is 12.9 Å². The van der Waals surface area contributed by atoms with E-state index in [1.54, 1.807) is 24.7 Å². The van der Waals surface area contributed by atoms with Crippen molar-refractivity contribution in [3.05, 3.63) is 82.8 Å². The Balaban J connectivity index is 1.78. The predicted octanol–water partition coefficient (Wildman–Crippen LogP) is 3.45. The van der Waals surface area contributed by atoms with Crippen LogP contribution < -0.4 is 5.56 Å². The number of aryl methyl sites for hydroxylation is 1. The van der Waals surface area contributed by atoms with Crippen molar-refractivity contribution in [1.29, 1.82) is 0 Å². The van der Waals surface area contributed by atoms with Crippen LogP contribution in [0.2, 0.25) is 0 Å². The SMILES string of the molecule is Cc1cncn1Cc1ccc(-c2cccc3ccc(O)cc23)c(=O)[nH]1. The van der Waals surface area contributed by atoms with Crippen molar-refractivity contribution >= 4 is 10.8 Å². The Hall–Kier alpha value is -3.34. The van der Waals surface area contributed by atoms with Crippen LogP contribution in [0.25, 0.3) is 21.9 Å². The van der Waals surface area contributed by atoms with E-state index < -0.39 is 0 Å². The number of imidazole rings is 1. The Morgan fingerprint density at radius 3 is 2.76 bits per heavy atom.